The molecule has 0 spiro atoms. The molecule has 8 heterocycles. The Balaban J connectivity index is 0.790. The van der Waals surface area contributed by atoms with E-state index in [-0.39, 0.29) is 60.7 Å². The number of halogens is 1. The van der Waals surface area contributed by atoms with Crippen LogP contribution in [-0.4, -0.2) is 127 Å². The maximum Gasteiger partial charge on any atom is 0.243 e. The summed E-state index contributed by atoms with van der Waals surface area (Å²) in [5.74, 6) is 1.30. The van der Waals surface area contributed by atoms with E-state index in [9.17, 15) is 19.5 Å². The predicted molar refractivity (Wildman–Crippen MR) is 274 cm³/mol. The SMILES string of the molecule is Cc1cc(C(C(=O)N2C[C@H](O)C[C@H]2C(=O)NCc2ccc(-c3scnc3C)cc2OC2CCN(C(=O)C3CCN(c4nccc(Sc5cnc(N6CCC(C)(N)CC6)cn5)c4Cl)CC3)CC2)C(C)C)on1. The van der Waals surface area contributed by atoms with E-state index in [1.54, 1.807) is 36.7 Å². The van der Waals surface area contributed by atoms with Crippen LogP contribution in [0.5, 0.6) is 5.75 Å². The van der Waals surface area contributed by atoms with Crippen LogP contribution in [0.3, 0.4) is 0 Å². The molecule has 3 amide bonds. The van der Waals surface area contributed by atoms with Crippen molar-refractivity contribution in [1.82, 2.24) is 40.2 Å². The predicted octanol–water partition coefficient (Wildman–Crippen LogP) is 7.03. The zero-order valence-corrected chi connectivity index (χ0v) is 43.4. The quantitative estimate of drug-likeness (QED) is 0.102. The number of pyridine rings is 1. The molecular weight excluding hydrogens is 962 g/mol. The first kappa shape index (κ1) is 50.6. The van der Waals surface area contributed by atoms with E-state index in [1.807, 2.05) is 61.6 Å². The molecule has 9 rings (SSSR count). The Bertz CT molecular complexity index is 2670. The molecule has 0 aliphatic carbocycles. The Morgan fingerprint density at radius 3 is 2.41 bits per heavy atom. The molecule has 4 aliphatic heterocycles. The molecule has 4 saturated heterocycles. The lowest BCUT2D eigenvalue weighted by molar-refractivity contribution is -0.141. The number of carbonyl (C=O) groups is 3. The number of amides is 3. The number of ether oxygens (including phenoxy) is 1. The van der Waals surface area contributed by atoms with Crippen molar-refractivity contribution in [1.29, 1.82) is 0 Å². The number of nitrogens with zero attached hydrogens (tertiary/aromatic N) is 9. The topological polar surface area (TPSA) is 209 Å². The van der Waals surface area contributed by atoms with E-state index >= 15 is 0 Å². The number of benzene rings is 1. The Morgan fingerprint density at radius 1 is 0.986 bits per heavy atom. The average molecular weight is 1030 g/mol. The summed E-state index contributed by atoms with van der Waals surface area (Å²) in [6, 6.07) is 8.75. The fraction of sp³-hybridized carbons (Fsp3) is 0.529. The molecule has 5 aromatic rings. The van der Waals surface area contributed by atoms with Gasteiger partial charge in [-0.2, -0.15) is 0 Å². The highest BCUT2D eigenvalue weighted by atomic mass is 35.5. The summed E-state index contributed by atoms with van der Waals surface area (Å²) in [7, 11) is 0. The summed E-state index contributed by atoms with van der Waals surface area (Å²) in [6.07, 6.45) is 9.03. The third kappa shape index (κ3) is 11.6. The lowest BCUT2D eigenvalue weighted by atomic mass is 9.91. The fourth-order valence-electron chi connectivity index (χ4n) is 10.2. The number of anilines is 2. The van der Waals surface area contributed by atoms with Crippen LogP contribution in [-0.2, 0) is 20.9 Å². The van der Waals surface area contributed by atoms with Gasteiger partial charge in [0.1, 0.15) is 46.2 Å². The molecule has 0 radical (unpaired) electrons. The minimum Gasteiger partial charge on any atom is -0.490 e. The summed E-state index contributed by atoms with van der Waals surface area (Å²) in [4.78, 5) is 70.2. The molecule has 4 aromatic heterocycles. The van der Waals surface area contributed by atoms with Crippen LogP contribution in [0.2, 0.25) is 5.02 Å². The molecule has 0 bridgehead atoms. The van der Waals surface area contributed by atoms with Crippen molar-refractivity contribution in [3.63, 3.8) is 0 Å². The maximum atomic E-state index is 14.0. The van der Waals surface area contributed by atoms with E-state index in [4.69, 9.17) is 31.6 Å². The molecule has 4 N–H and O–H groups in total. The van der Waals surface area contributed by atoms with Crippen LogP contribution in [0.1, 0.15) is 94.3 Å². The number of nitrogens with one attached hydrogen (secondary N) is 1. The van der Waals surface area contributed by atoms with E-state index in [0.29, 0.717) is 79.9 Å². The number of carbonyl (C=O) groups excluding carboxylic acids is 3. The van der Waals surface area contributed by atoms with Gasteiger partial charge in [0.2, 0.25) is 17.7 Å². The molecular formula is C51H64ClN11O6S2. The highest BCUT2D eigenvalue weighted by Gasteiger charge is 2.43. The Labute approximate surface area is 428 Å². The number of rotatable bonds is 14. The first-order valence-corrected chi connectivity index (χ1v) is 26.8. The van der Waals surface area contributed by atoms with Crippen LogP contribution >= 0.6 is 34.7 Å². The van der Waals surface area contributed by atoms with E-state index in [0.717, 1.165) is 63.4 Å². The monoisotopic (exact) mass is 1030 g/mol. The number of aromatic nitrogens is 5. The van der Waals surface area contributed by atoms with Crippen LogP contribution in [0.4, 0.5) is 11.6 Å². The zero-order chi connectivity index (χ0) is 50.0. The normalized spacial score (nSPS) is 20.4. The number of likely N-dealkylation sites (tertiary alicyclic amines) is 2. The summed E-state index contributed by atoms with van der Waals surface area (Å²) in [6.45, 7) is 14.1. The number of hydrogen-bond acceptors (Lipinski definition) is 16. The van der Waals surface area contributed by atoms with Crippen molar-refractivity contribution in [3.8, 4) is 16.2 Å². The lowest BCUT2D eigenvalue weighted by Crippen LogP contribution is -2.48. The highest BCUT2D eigenvalue weighted by molar-refractivity contribution is 7.99. The van der Waals surface area contributed by atoms with Crippen molar-refractivity contribution in [3.05, 3.63) is 82.2 Å². The Morgan fingerprint density at radius 2 is 1.75 bits per heavy atom. The number of β-amino-alcohol motifs (C(OH)–C–C–N with tert-alkyl or cyclic N) is 1. The molecule has 1 unspecified atom stereocenters. The summed E-state index contributed by atoms with van der Waals surface area (Å²) < 4.78 is 12.3. The van der Waals surface area contributed by atoms with Crippen LogP contribution < -0.4 is 25.6 Å². The number of aryl methyl sites for hydroxylation is 2. The molecule has 3 atom stereocenters. The number of nitrogens with two attached hydrogens (primary N) is 1. The summed E-state index contributed by atoms with van der Waals surface area (Å²) in [5.41, 5.74) is 11.3. The largest absolute Gasteiger partial charge is 0.490 e. The van der Waals surface area contributed by atoms with Crippen molar-refractivity contribution < 1.29 is 28.8 Å². The number of aliphatic hydroxyl groups is 1. The molecule has 1 aromatic carbocycles. The smallest absolute Gasteiger partial charge is 0.243 e. The second-order valence-corrected chi connectivity index (χ2v) is 22.4. The van der Waals surface area contributed by atoms with Crippen LogP contribution in [0, 0.1) is 25.7 Å². The molecule has 71 heavy (non-hydrogen) atoms. The fourth-order valence-corrected chi connectivity index (χ4v) is 12.0. The third-order valence-corrected chi connectivity index (χ3v) is 16.8. The van der Waals surface area contributed by atoms with Gasteiger partial charge in [-0.3, -0.25) is 14.4 Å². The zero-order valence-electron chi connectivity index (χ0n) is 41.1. The number of aliphatic hydroxyl groups excluding tert-OH is 1. The number of thiazole rings is 1. The Kier molecular flexibility index (Phi) is 15.5. The van der Waals surface area contributed by atoms with Crippen molar-refractivity contribution in [2.24, 2.45) is 17.6 Å². The molecule has 0 saturated carbocycles. The first-order valence-electron chi connectivity index (χ1n) is 24.7. The van der Waals surface area contributed by atoms with Gasteiger partial charge in [0.25, 0.3) is 0 Å². The highest BCUT2D eigenvalue weighted by Crippen LogP contribution is 2.39. The van der Waals surface area contributed by atoms with Gasteiger partial charge in [-0.15, -0.1) is 11.3 Å². The van der Waals surface area contributed by atoms with Gasteiger partial charge >= 0.3 is 0 Å². The van der Waals surface area contributed by atoms with Gasteiger partial charge in [-0.05, 0) is 70.1 Å². The van der Waals surface area contributed by atoms with E-state index in [1.165, 1.54) is 16.7 Å². The summed E-state index contributed by atoms with van der Waals surface area (Å²) in [5, 5.41) is 19.1. The van der Waals surface area contributed by atoms with Gasteiger partial charge in [0, 0.05) is 106 Å². The van der Waals surface area contributed by atoms with E-state index in [2.05, 4.69) is 42.1 Å². The number of hydrogen-bond donors (Lipinski definition) is 3. The van der Waals surface area contributed by atoms with Gasteiger partial charge in [-0.25, -0.2) is 19.9 Å². The van der Waals surface area contributed by atoms with Crippen LogP contribution in [0.25, 0.3) is 10.4 Å². The van der Waals surface area contributed by atoms with Gasteiger partial charge in [0.05, 0.1) is 45.3 Å². The van der Waals surface area contributed by atoms with Crippen molar-refractivity contribution >= 4 is 64.1 Å². The van der Waals surface area contributed by atoms with Gasteiger partial charge in [0.15, 0.2) is 0 Å². The summed E-state index contributed by atoms with van der Waals surface area (Å²) >= 11 is 10.0. The molecule has 4 fully saturated rings. The van der Waals surface area contributed by atoms with Crippen molar-refractivity contribution in [2.75, 3.05) is 55.6 Å². The maximum absolute atomic E-state index is 14.0. The third-order valence-electron chi connectivity index (χ3n) is 14.4. The molecule has 20 heteroatoms. The minimum absolute atomic E-state index is 0.0498. The van der Waals surface area contributed by atoms with Gasteiger partial charge < -0.3 is 45.0 Å². The minimum atomic E-state index is -0.856. The molecule has 378 valence electrons. The lowest BCUT2D eigenvalue weighted by Gasteiger charge is -2.38. The first-order chi connectivity index (χ1) is 34.1. The number of piperidine rings is 3. The second-order valence-electron chi connectivity index (χ2n) is 20.1. The standard InChI is InChI=1S/C51H64ClN11O6S2/c1-30(2)44(40-22-31(3)59-69-40)50(67)63-28-36(64)24-38(63)48(65)57-25-35-7-6-34(46-32(4)58-29-70-46)23-39(35)68-37-11-18-62(19-12-37)49(66)33-9-16-61(17-10-33)47-45(52)41(8-15-54-47)71-43-27-55-42(26-56-43)60-20-13-51(5,53)14-21-60/h6-8,15,22-23,26-27,29-30,33,36-38,44,64H,9-14,16-21,24-25,28,53H2,1-5H3,(H,57,65)/t36-,38+,44?/m1/s1. The second kappa shape index (κ2) is 21.8. The van der Waals surface area contributed by atoms with Crippen LogP contribution in [0.15, 0.2) is 68.9 Å². The molecule has 4 aliphatic rings. The Hall–Kier alpha value is -5.34. The van der Waals surface area contributed by atoms with E-state index < -0.39 is 18.1 Å². The average Bonchev–Trinajstić information content (AvgIpc) is 4.11. The van der Waals surface area contributed by atoms with Crippen molar-refractivity contribution in [2.45, 2.75) is 126 Å². The molecule has 17 nitrogen and oxygen atoms in total. The van der Waals surface area contributed by atoms with Gasteiger partial charge in [-0.1, -0.05) is 54.5 Å².